The Morgan fingerprint density at radius 3 is 2.56 bits per heavy atom. The SMILES string of the molecule is Cc1cccc(-n2nc(C(C)(C)C)cc2NC(=O)CCC(C)N)c1.Cl. The molecule has 1 unspecified atom stereocenters. The largest absolute Gasteiger partial charge is 0.328 e. The van der Waals surface area contributed by atoms with Gasteiger partial charge in [0.05, 0.1) is 11.4 Å². The van der Waals surface area contributed by atoms with Gasteiger partial charge < -0.3 is 11.1 Å². The van der Waals surface area contributed by atoms with Gasteiger partial charge in [-0.1, -0.05) is 32.9 Å². The van der Waals surface area contributed by atoms with Crippen LogP contribution in [0.15, 0.2) is 30.3 Å². The zero-order chi connectivity index (χ0) is 17.9. The summed E-state index contributed by atoms with van der Waals surface area (Å²) in [5, 5.41) is 7.70. The maximum atomic E-state index is 12.2. The third-order valence-electron chi connectivity index (χ3n) is 3.82. The minimum absolute atomic E-state index is 0. The third kappa shape index (κ3) is 5.87. The van der Waals surface area contributed by atoms with Crippen LogP contribution in [-0.2, 0) is 10.2 Å². The molecule has 0 aliphatic carbocycles. The molecule has 5 nitrogen and oxygen atoms in total. The molecule has 1 heterocycles. The van der Waals surface area contributed by atoms with Gasteiger partial charge in [-0.05, 0) is 38.0 Å². The fraction of sp³-hybridized carbons (Fsp3) is 0.474. The molecule has 1 atom stereocenters. The third-order valence-corrected chi connectivity index (χ3v) is 3.82. The predicted octanol–water partition coefficient (Wildman–Crippen LogP) is 3.97. The Kier molecular flexibility index (Phi) is 7.20. The van der Waals surface area contributed by atoms with Crippen molar-refractivity contribution < 1.29 is 4.79 Å². The van der Waals surface area contributed by atoms with E-state index in [1.54, 1.807) is 4.68 Å². The Morgan fingerprint density at radius 2 is 2.00 bits per heavy atom. The molecule has 0 saturated carbocycles. The first-order valence-electron chi connectivity index (χ1n) is 8.40. The molecule has 6 heteroatoms. The van der Waals surface area contributed by atoms with Gasteiger partial charge in [0, 0.05) is 23.9 Å². The summed E-state index contributed by atoms with van der Waals surface area (Å²) in [6.45, 7) is 10.3. The Bertz CT molecular complexity index is 716. The Labute approximate surface area is 156 Å². The number of hydrogen-bond donors (Lipinski definition) is 2. The van der Waals surface area contributed by atoms with E-state index in [4.69, 9.17) is 10.8 Å². The summed E-state index contributed by atoms with van der Waals surface area (Å²) in [7, 11) is 0. The molecular formula is C19H29ClN4O. The summed E-state index contributed by atoms with van der Waals surface area (Å²) in [4.78, 5) is 12.2. The molecule has 0 fully saturated rings. The maximum absolute atomic E-state index is 12.2. The van der Waals surface area contributed by atoms with Crippen LogP contribution in [0.3, 0.4) is 0 Å². The lowest BCUT2D eigenvalue weighted by molar-refractivity contribution is -0.116. The van der Waals surface area contributed by atoms with Crippen molar-refractivity contribution in [3.63, 3.8) is 0 Å². The van der Waals surface area contributed by atoms with Gasteiger partial charge in [0.15, 0.2) is 0 Å². The number of amides is 1. The number of nitrogens with two attached hydrogens (primary N) is 1. The number of halogens is 1. The van der Waals surface area contributed by atoms with Crippen LogP contribution >= 0.6 is 12.4 Å². The van der Waals surface area contributed by atoms with Gasteiger partial charge in [0.1, 0.15) is 5.82 Å². The standard InChI is InChI=1S/C19H28N4O.ClH/c1-13-7-6-8-15(11-13)23-17(12-16(22-23)19(3,4)5)21-18(24)10-9-14(2)20;/h6-8,11-12,14H,9-10,20H2,1-5H3,(H,21,24);1H. The van der Waals surface area contributed by atoms with Gasteiger partial charge in [0.2, 0.25) is 5.91 Å². The van der Waals surface area contributed by atoms with Crippen molar-refractivity contribution in [2.24, 2.45) is 5.73 Å². The second kappa shape index (κ2) is 8.50. The summed E-state index contributed by atoms with van der Waals surface area (Å²) in [5.74, 6) is 0.654. The fourth-order valence-corrected chi connectivity index (χ4v) is 2.36. The topological polar surface area (TPSA) is 72.9 Å². The van der Waals surface area contributed by atoms with Crippen LogP contribution in [-0.4, -0.2) is 21.7 Å². The second-order valence-corrected chi connectivity index (χ2v) is 7.48. The van der Waals surface area contributed by atoms with Gasteiger partial charge in [0.25, 0.3) is 0 Å². The first-order chi connectivity index (χ1) is 11.2. The molecule has 25 heavy (non-hydrogen) atoms. The van der Waals surface area contributed by atoms with Crippen LogP contribution in [0.1, 0.15) is 51.8 Å². The molecule has 0 saturated heterocycles. The Balaban J connectivity index is 0.00000312. The van der Waals surface area contributed by atoms with E-state index in [9.17, 15) is 4.79 Å². The lowest BCUT2D eigenvalue weighted by atomic mass is 9.92. The van der Waals surface area contributed by atoms with Gasteiger partial charge >= 0.3 is 0 Å². The number of rotatable bonds is 5. The van der Waals surface area contributed by atoms with E-state index < -0.39 is 0 Å². The summed E-state index contributed by atoms with van der Waals surface area (Å²) >= 11 is 0. The average Bonchev–Trinajstić information content (AvgIpc) is 2.89. The van der Waals surface area contributed by atoms with Gasteiger partial charge in [-0.15, -0.1) is 12.4 Å². The highest BCUT2D eigenvalue weighted by Gasteiger charge is 2.21. The number of nitrogens with zero attached hydrogens (tertiary/aromatic N) is 2. The van der Waals surface area contributed by atoms with Crippen molar-refractivity contribution in [3.05, 3.63) is 41.6 Å². The zero-order valence-electron chi connectivity index (χ0n) is 15.7. The number of hydrogen-bond acceptors (Lipinski definition) is 3. The highest BCUT2D eigenvalue weighted by Crippen LogP contribution is 2.26. The number of aryl methyl sites for hydroxylation is 1. The average molecular weight is 365 g/mol. The summed E-state index contributed by atoms with van der Waals surface area (Å²) in [5.41, 5.74) is 8.66. The number of aromatic nitrogens is 2. The van der Waals surface area contributed by atoms with E-state index in [1.165, 1.54) is 0 Å². The molecule has 0 radical (unpaired) electrons. The van der Waals surface area contributed by atoms with Crippen LogP contribution in [0.5, 0.6) is 0 Å². The molecule has 0 spiro atoms. The smallest absolute Gasteiger partial charge is 0.225 e. The zero-order valence-corrected chi connectivity index (χ0v) is 16.5. The number of carbonyl (C=O) groups is 1. The Hall–Kier alpha value is -1.85. The molecule has 0 aliphatic rings. The van der Waals surface area contributed by atoms with Crippen molar-refractivity contribution in [2.45, 2.75) is 58.9 Å². The molecule has 1 aromatic heterocycles. The maximum Gasteiger partial charge on any atom is 0.225 e. The molecule has 2 aromatic rings. The highest BCUT2D eigenvalue weighted by atomic mass is 35.5. The predicted molar refractivity (Wildman–Crippen MR) is 106 cm³/mol. The van der Waals surface area contributed by atoms with Crippen molar-refractivity contribution in [1.29, 1.82) is 0 Å². The number of carbonyl (C=O) groups excluding carboxylic acids is 1. The fourth-order valence-electron chi connectivity index (χ4n) is 2.36. The van der Waals surface area contributed by atoms with Crippen LogP contribution in [0.4, 0.5) is 5.82 Å². The van der Waals surface area contributed by atoms with Gasteiger partial charge in [-0.2, -0.15) is 5.10 Å². The molecule has 0 bridgehead atoms. The molecular weight excluding hydrogens is 336 g/mol. The monoisotopic (exact) mass is 364 g/mol. The van der Waals surface area contributed by atoms with E-state index in [2.05, 4.69) is 32.2 Å². The summed E-state index contributed by atoms with van der Waals surface area (Å²) in [6.07, 6.45) is 1.07. The Morgan fingerprint density at radius 1 is 1.32 bits per heavy atom. The number of nitrogens with one attached hydrogen (secondary N) is 1. The molecule has 138 valence electrons. The molecule has 2 rings (SSSR count). The van der Waals surface area contributed by atoms with E-state index in [-0.39, 0.29) is 29.8 Å². The van der Waals surface area contributed by atoms with E-state index in [0.29, 0.717) is 18.7 Å². The van der Waals surface area contributed by atoms with Gasteiger partial charge in [-0.25, -0.2) is 4.68 Å². The van der Waals surface area contributed by atoms with E-state index >= 15 is 0 Å². The van der Waals surface area contributed by atoms with Crippen molar-refractivity contribution in [3.8, 4) is 5.69 Å². The normalized spacial score (nSPS) is 12.4. The first-order valence-corrected chi connectivity index (χ1v) is 8.40. The van der Waals surface area contributed by atoms with Crippen molar-refractivity contribution in [1.82, 2.24) is 9.78 Å². The van der Waals surface area contributed by atoms with Crippen LogP contribution in [0.2, 0.25) is 0 Å². The number of anilines is 1. The molecule has 1 amide bonds. The second-order valence-electron chi connectivity index (χ2n) is 7.48. The van der Waals surface area contributed by atoms with Crippen molar-refractivity contribution in [2.75, 3.05) is 5.32 Å². The summed E-state index contributed by atoms with van der Waals surface area (Å²) in [6, 6.07) is 10.0. The quantitative estimate of drug-likeness (QED) is 0.843. The highest BCUT2D eigenvalue weighted by molar-refractivity contribution is 5.90. The minimum Gasteiger partial charge on any atom is -0.328 e. The van der Waals surface area contributed by atoms with E-state index in [1.807, 2.05) is 38.1 Å². The molecule has 3 N–H and O–H groups in total. The lowest BCUT2D eigenvalue weighted by Gasteiger charge is -2.14. The number of benzene rings is 1. The van der Waals surface area contributed by atoms with Crippen molar-refractivity contribution >= 4 is 24.1 Å². The van der Waals surface area contributed by atoms with Gasteiger partial charge in [-0.3, -0.25) is 4.79 Å². The lowest BCUT2D eigenvalue weighted by Crippen LogP contribution is -2.20. The molecule has 0 aliphatic heterocycles. The first kappa shape index (κ1) is 21.2. The van der Waals surface area contributed by atoms with Crippen LogP contribution < -0.4 is 11.1 Å². The summed E-state index contributed by atoms with van der Waals surface area (Å²) < 4.78 is 1.80. The van der Waals surface area contributed by atoms with Crippen LogP contribution in [0.25, 0.3) is 5.69 Å². The van der Waals surface area contributed by atoms with Crippen LogP contribution in [0, 0.1) is 6.92 Å². The molecule has 1 aromatic carbocycles. The van der Waals surface area contributed by atoms with E-state index in [0.717, 1.165) is 16.9 Å². The minimum atomic E-state index is -0.0969.